The smallest absolute Gasteiger partial charge is 0.264 e. The van der Waals surface area contributed by atoms with E-state index >= 15 is 0 Å². The van der Waals surface area contributed by atoms with Crippen LogP contribution >= 0.6 is 0 Å². The summed E-state index contributed by atoms with van der Waals surface area (Å²) in [6, 6.07) is 21.3. The Bertz CT molecular complexity index is 1390. The molecule has 3 aromatic rings. The second-order valence-electron chi connectivity index (χ2n) is 11.1. The highest BCUT2D eigenvalue weighted by Gasteiger charge is 2.43. The Morgan fingerprint density at radius 2 is 1.60 bits per heavy atom. The van der Waals surface area contributed by atoms with Gasteiger partial charge in [-0.1, -0.05) is 49.4 Å². The fourth-order valence-corrected chi connectivity index (χ4v) is 6.17. The number of imide groups is 1. The Kier molecular flexibility index (Phi) is 9.45. The topological polar surface area (TPSA) is 65.6 Å². The van der Waals surface area contributed by atoms with Gasteiger partial charge in [0.05, 0.1) is 37.1 Å². The van der Waals surface area contributed by atoms with Crippen molar-refractivity contribution in [2.24, 2.45) is 0 Å². The summed E-state index contributed by atoms with van der Waals surface area (Å²) in [6.45, 7) is 8.40. The van der Waals surface area contributed by atoms with Crippen molar-refractivity contribution in [3.8, 4) is 11.5 Å². The molecule has 8 heteroatoms. The third kappa shape index (κ3) is 6.15. The molecule has 2 aliphatic heterocycles. The van der Waals surface area contributed by atoms with Crippen LogP contribution in [0.4, 0.5) is 5.69 Å². The molecule has 5 rings (SSSR count). The minimum Gasteiger partial charge on any atom is -0.493 e. The normalized spacial score (nSPS) is 16.2. The number of hydrogen-bond acceptors (Lipinski definition) is 7. The van der Waals surface area contributed by atoms with Gasteiger partial charge in [-0.3, -0.25) is 14.5 Å². The molecule has 2 aliphatic rings. The zero-order chi connectivity index (χ0) is 29.6. The average molecular weight is 571 g/mol. The van der Waals surface area contributed by atoms with Gasteiger partial charge in [0.1, 0.15) is 0 Å². The lowest BCUT2D eigenvalue weighted by molar-refractivity contribution is 0.0570. The third-order valence-electron chi connectivity index (χ3n) is 8.50. The first kappa shape index (κ1) is 29.6. The monoisotopic (exact) mass is 570 g/mol. The van der Waals surface area contributed by atoms with E-state index in [0.717, 1.165) is 63.5 Å². The van der Waals surface area contributed by atoms with E-state index in [1.165, 1.54) is 10.5 Å². The number of ether oxygens (including phenoxy) is 2. The number of fused-ring (bicyclic) bond motifs is 1. The van der Waals surface area contributed by atoms with Crippen molar-refractivity contribution in [3.05, 3.63) is 89.0 Å². The molecule has 0 unspecified atom stereocenters. The van der Waals surface area contributed by atoms with E-state index in [2.05, 4.69) is 52.9 Å². The van der Waals surface area contributed by atoms with Crippen molar-refractivity contribution in [2.45, 2.75) is 32.4 Å². The molecule has 42 heavy (non-hydrogen) atoms. The molecule has 0 saturated carbocycles. The molecule has 2 heterocycles. The molecule has 222 valence electrons. The number of piperazine rings is 1. The Morgan fingerprint density at radius 3 is 2.29 bits per heavy atom. The van der Waals surface area contributed by atoms with Gasteiger partial charge in [-0.25, -0.2) is 0 Å². The predicted molar refractivity (Wildman–Crippen MR) is 166 cm³/mol. The summed E-state index contributed by atoms with van der Waals surface area (Å²) < 4.78 is 11.1. The summed E-state index contributed by atoms with van der Waals surface area (Å²) in [5.41, 5.74) is 3.98. The molecule has 3 aromatic carbocycles. The number of benzene rings is 3. The molecule has 1 fully saturated rings. The summed E-state index contributed by atoms with van der Waals surface area (Å²) in [6.07, 6.45) is 1.44. The lowest BCUT2D eigenvalue weighted by Crippen LogP contribution is -2.46. The van der Waals surface area contributed by atoms with Crippen LogP contribution in [0.3, 0.4) is 0 Å². The van der Waals surface area contributed by atoms with Crippen molar-refractivity contribution < 1.29 is 19.1 Å². The summed E-state index contributed by atoms with van der Waals surface area (Å²) in [4.78, 5) is 36.6. The summed E-state index contributed by atoms with van der Waals surface area (Å²) in [5.74, 6) is 0.730. The molecular formula is C34H42N4O4. The van der Waals surface area contributed by atoms with Crippen LogP contribution in [-0.2, 0) is 6.54 Å². The van der Waals surface area contributed by atoms with E-state index in [0.29, 0.717) is 29.0 Å². The summed E-state index contributed by atoms with van der Waals surface area (Å²) in [7, 11) is 5.30. The van der Waals surface area contributed by atoms with Gasteiger partial charge < -0.3 is 24.2 Å². The minimum atomic E-state index is -0.438. The van der Waals surface area contributed by atoms with Gasteiger partial charge in [0.15, 0.2) is 11.5 Å². The van der Waals surface area contributed by atoms with Gasteiger partial charge in [0.25, 0.3) is 11.8 Å². The number of carbonyl (C=O) groups excluding carboxylic acids is 2. The number of carbonyl (C=O) groups is 2. The zero-order valence-corrected chi connectivity index (χ0v) is 25.2. The molecule has 0 aromatic heterocycles. The number of methoxy groups -OCH3 is 2. The molecular weight excluding hydrogens is 528 g/mol. The highest BCUT2D eigenvalue weighted by Crippen LogP contribution is 2.40. The SMILES string of the molecule is CCN1CCN(c2cccc3c2C(=O)N([C@H](CCCN(C)Cc2ccccc2)c2ccc(OC)c(OC)c2)C3=O)CC1. The van der Waals surface area contributed by atoms with Crippen LogP contribution in [-0.4, -0.2) is 87.0 Å². The Morgan fingerprint density at radius 1 is 0.857 bits per heavy atom. The second-order valence-corrected chi connectivity index (χ2v) is 11.1. The number of hydrogen-bond donors (Lipinski definition) is 0. The minimum absolute atomic E-state index is 0.221. The van der Waals surface area contributed by atoms with Crippen molar-refractivity contribution in [3.63, 3.8) is 0 Å². The fraction of sp³-hybridized carbons (Fsp3) is 0.412. The lowest BCUT2D eigenvalue weighted by Gasteiger charge is -2.36. The van der Waals surface area contributed by atoms with E-state index < -0.39 is 6.04 Å². The first-order valence-electron chi connectivity index (χ1n) is 14.9. The predicted octanol–water partition coefficient (Wildman–Crippen LogP) is 5.10. The van der Waals surface area contributed by atoms with Crippen molar-refractivity contribution in [1.29, 1.82) is 0 Å². The molecule has 0 N–H and O–H groups in total. The van der Waals surface area contributed by atoms with Crippen LogP contribution in [0.2, 0.25) is 0 Å². The first-order chi connectivity index (χ1) is 20.4. The van der Waals surface area contributed by atoms with E-state index in [1.54, 1.807) is 20.3 Å². The van der Waals surface area contributed by atoms with Crippen LogP contribution in [0.15, 0.2) is 66.7 Å². The standard InChI is InChI=1S/C34H42N4O4/c1-5-36-19-21-37(22-20-36)29-14-9-13-27-32(29)34(40)38(33(27)39)28(26-16-17-30(41-3)31(23-26)42-4)15-10-18-35(2)24-25-11-7-6-8-12-25/h6-9,11-14,16-17,23,28H,5,10,15,18-22,24H2,1-4H3/t28-/m1/s1. The Balaban J connectivity index is 1.41. The quantitative estimate of drug-likeness (QED) is 0.281. The summed E-state index contributed by atoms with van der Waals surface area (Å²) in [5, 5.41) is 0. The molecule has 0 bridgehead atoms. The van der Waals surface area contributed by atoms with Crippen LogP contribution in [0.25, 0.3) is 0 Å². The number of rotatable bonds is 12. The second kappa shape index (κ2) is 13.4. The van der Waals surface area contributed by atoms with Crippen LogP contribution in [0.1, 0.15) is 57.7 Å². The lowest BCUT2D eigenvalue weighted by atomic mass is 9.99. The van der Waals surface area contributed by atoms with Gasteiger partial charge in [-0.2, -0.15) is 0 Å². The van der Waals surface area contributed by atoms with Gasteiger partial charge in [-0.15, -0.1) is 0 Å². The van der Waals surface area contributed by atoms with Crippen molar-refractivity contribution in [2.75, 3.05) is 65.4 Å². The molecule has 8 nitrogen and oxygen atoms in total. The van der Waals surface area contributed by atoms with Crippen LogP contribution in [0, 0.1) is 0 Å². The maximum atomic E-state index is 14.2. The van der Waals surface area contributed by atoms with Gasteiger partial charge >= 0.3 is 0 Å². The number of likely N-dealkylation sites (N-methyl/N-ethyl adjacent to an activating group) is 1. The van der Waals surface area contributed by atoms with Crippen LogP contribution < -0.4 is 14.4 Å². The first-order valence-corrected chi connectivity index (χ1v) is 14.9. The largest absolute Gasteiger partial charge is 0.493 e. The van der Waals surface area contributed by atoms with E-state index in [4.69, 9.17) is 9.47 Å². The third-order valence-corrected chi connectivity index (χ3v) is 8.50. The average Bonchev–Trinajstić information content (AvgIpc) is 3.28. The van der Waals surface area contributed by atoms with Crippen molar-refractivity contribution in [1.82, 2.24) is 14.7 Å². The molecule has 0 spiro atoms. The highest BCUT2D eigenvalue weighted by molar-refractivity contribution is 6.24. The van der Waals surface area contributed by atoms with E-state index in [-0.39, 0.29) is 11.8 Å². The van der Waals surface area contributed by atoms with E-state index in [9.17, 15) is 9.59 Å². The Hall–Kier alpha value is -3.88. The van der Waals surface area contributed by atoms with Gasteiger partial charge in [0.2, 0.25) is 0 Å². The maximum Gasteiger partial charge on any atom is 0.264 e. The van der Waals surface area contributed by atoms with Crippen LogP contribution in [0.5, 0.6) is 11.5 Å². The molecule has 0 aliphatic carbocycles. The van der Waals surface area contributed by atoms with Gasteiger partial charge in [0, 0.05) is 32.7 Å². The Labute approximate surface area is 249 Å². The maximum absolute atomic E-state index is 14.2. The zero-order valence-electron chi connectivity index (χ0n) is 25.2. The molecule has 1 saturated heterocycles. The number of nitrogens with zero attached hydrogens (tertiary/aromatic N) is 4. The number of amides is 2. The number of anilines is 1. The fourth-order valence-electron chi connectivity index (χ4n) is 6.17. The van der Waals surface area contributed by atoms with Crippen molar-refractivity contribution >= 4 is 17.5 Å². The summed E-state index contributed by atoms with van der Waals surface area (Å²) >= 11 is 0. The molecule has 1 atom stereocenters. The van der Waals surface area contributed by atoms with E-state index in [1.807, 2.05) is 36.4 Å². The van der Waals surface area contributed by atoms with Gasteiger partial charge in [-0.05, 0) is 68.4 Å². The molecule has 2 amide bonds. The highest BCUT2D eigenvalue weighted by atomic mass is 16.5. The molecule has 0 radical (unpaired) electrons.